The Hall–Kier alpha value is -2.60. The number of amides is 2. The number of rotatable bonds is 4. The molecular formula is C23H30N4O2. The van der Waals surface area contributed by atoms with Crippen LogP contribution in [0.1, 0.15) is 31.2 Å². The van der Waals surface area contributed by atoms with Gasteiger partial charge in [0.25, 0.3) is 0 Å². The second-order valence-electron chi connectivity index (χ2n) is 8.05. The van der Waals surface area contributed by atoms with Gasteiger partial charge in [-0.25, -0.2) is 4.79 Å². The Morgan fingerprint density at radius 3 is 2.28 bits per heavy atom. The number of ether oxygens (including phenoxy) is 1. The van der Waals surface area contributed by atoms with Crippen LogP contribution in [0.25, 0.3) is 0 Å². The number of anilines is 1. The van der Waals surface area contributed by atoms with Crippen molar-refractivity contribution in [2.75, 3.05) is 31.5 Å². The van der Waals surface area contributed by atoms with Gasteiger partial charge >= 0.3 is 6.03 Å². The minimum Gasteiger partial charge on any atom is -0.490 e. The number of urea groups is 1. The maximum atomic E-state index is 12.5. The third-order valence-electron chi connectivity index (χ3n) is 6.00. The first-order valence-corrected chi connectivity index (χ1v) is 10.6. The fourth-order valence-electron chi connectivity index (χ4n) is 4.24. The molecule has 6 nitrogen and oxygen atoms in total. The van der Waals surface area contributed by atoms with Crippen LogP contribution in [0.3, 0.4) is 0 Å². The average molecular weight is 395 g/mol. The lowest BCUT2D eigenvalue weighted by Crippen LogP contribution is -2.50. The van der Waals surface area contributed by atoms with Gasteiger partial charge in [0.1, 0.15) is 11.9 Å². The van der Waals surface area contributed by atoms with E-state index in [4.69, 9.17) is 4.74 Å². The van der Waals surface area contributed by atoms with Gasteiger partial charge in [-0.15, -0.1) is 0 Å². The summed E-state index contributed by atoms with van der Waals surface area (Å²) in [7, 11) is 0. The van der Waals surface area contributed by atoms with Crippen molar-refractivity contribution in [3.8, 4) is 5.75 Å². The van der Waals surface area contributed by atoms with Crippen molar-refractivity contribution >= 4 is 11.7 Å². The smallest absolute Gasteiger partial charge is 0.321 e. The fourth-order valence-corrected chi connectivity index (χ4v) is 4.24. The topological polar surface area (TPSA) is 57.7 Å². The Morgan fingerprint density at radius 2 is 1.62 bits per heavy atom. The summed E-state index contributed by atoms with van der Waals surface area (Å²) < 4.78 is 6.08. The normalized spacial score (nSPS) is 19.1. The van der Waals surface area contributed by atoms with Crippen LogP contribution in [0.5, 0.6) is 5.75 Å². The summed E-state index contributed by atoms with van der Waals surface area (Å²) in [5.41, 5.74) is 2.05. The van der Waals surface area contributed by atoms with Gasteiger partial charge in [-0.3, -0.25) is 9.88 Å². The van der Waals surface area contributed by atoms with Crippen molar-refractivity contribution in [2.24, 2.45) is 0 Å². The monoisotopic (exact) mass is 394 g/mol. The van der Waals surface area contributed by atoms with E-state index in [1.54, 1.807) is 12.4 Å². The molecule has 3 heterocycles. The number of carbonyl (C=O) groups excluding carboxylic acids is 1. The SMILES string of the molecule is Cc1ccc(NC(=O)N2CCC(N3CCC(Oc4ccncc4)CC3)CC2)cc1. The standard InChI is InChI=1S/C23H30N4O2/c1-18-2-4-19(5-3-18)25-23(28)27-14-8-20(9-15-27)26-16-10-22(11-17-26)29-21-6-12-24-13-7-21/h2-7,12-13,20,22H,8-11,14-17H2,1H3,(H,25,28). The van der Waals surface area contributed by atoms with Crippen LogP contribution in [0.15, 0.2) is 48.8 Å². The van der Waals surface area contributed by atoms with Gasteiger partial charge in [0, 0.05) is 50.3 Å². The number of nitrogens with one attached hydrogen (secondary N) is 1. The van der Waals surface area contributed by atoms with Crippen molar-refractivity contribution in [1.29, 1.82) is 0 Å². The number of aromatic nitrogens is 1. The maximum Gasteiger partial charge on any atom is 0.321 e. The Kier molecular flexibility index (Phi) is 6.30. The van der Waals surface area contributed by atoms with E-state index < -0.39 is 0 Å². The van der Waals surface area contributed by atoms with Gasteiger partial charge in [0.05, 0.1) is 0 Å². The van der Waals surface area contributed by atoms with Crippen molar-refractivity contribution in [2.45, 2.75) is 44.8 Å². The third-order valence-corrected chi connectivity index (χ3v) is 6.00. The number of benzene rings is 1. The molecule has 2 saturated heterocycles. The first-order chi connectivity index (χ1) is 14.2. The van der Waals surface area contributed by atoms with E-state index in [9.17, 15) is 4.79 Å². The first kappa shape index (κ1) is 19.7. The first-order valence-electron chi connectivity index (χ1n) is 10.6. The number of aryl methyl sites for hydroxylation is 1. The van der Waals surface area contributed by atoms with E-state index in [0.29, 0.717) is 6.04 Å². The zero-order valence-corrected chi connectivity index (χ0v) is 17.1. The molecule has 0 saturated carbocycles. The van der Waals surface area contributed by atoms with Crippen LogP contribution in [-0.2, 0) is 0 Å². The summed E-state index contributed by atoms with van der Waals surface area (Å²) in [5, 5.41) is 3.01. The number of carbonyl (C=O) groups is 1. The lowest BCUT2D eigenvalue weighted by molar-refractivity contribution is 0.0545. The molecule has 2 fully saturated rings. The van der Waals surface area contributed by atoms with Crippen molar-refractivity contribution in [3.05, 3.63) is 54.4 Å². The molecule has 1 aromatic heterocycles. The molecule has 2 aliphatic heterocycles. The van der Waals surface area contributed by atoms with Gasteiger partial charge in [0.2, 0.25) is 0 Å². The van der Waals surface area contributed by atoms with E-state index in [0.717, 1.165) is 63.3 Å². The minimum absolute atomic E-state index is 0.0109. The van der Waals surface area contributed by atoms with Gasteiger partial charge in [-0.2, -0.15) is 0 Å². The van der Waals surface area contributed by atoms with E-state index in [2.05, 4.69) is 15.2 Å². The van der Waals surface area contributed by atoms with E-state index in [1.807, 2.05) is 48.2 Å². The molecule has 154 valence electrons. The van der Waals surface area contributed by atoms with E-state index in [1.165, 1.54) is 5.56 Å². The Bertz CT molecular complexity index is 780. The number of likely N-dealkylation sites (tertiary alicyclic amines) is 2. The molecule has 2 amide bonds. The summed E-state index contributed by atoms with van der Waals surface area (Å²) in [5.74, 6) is 0.909. The molecule has 4 rings (SSSR count). The summed E-state index contributed by atoms with van der Waals surface area (Å²) in [6.07, 6.45) is 8.01. The summed E-state index contributed by atoms with van der Waals surface area (Å²) in [6.45, 7) is 5.81. The lowest BCUT2D eigenvalue weighted by Gasteiger charge is -2.41. The zero-order valence-electron chi connectivity index (χ0n) is 17.1. The molecule has 6 heteroatoms. The molecule has 0 radical (unpaired) electrons. The predicted octanol–water partition coefficient (Wildman–Crippen LogP) is 3.93. The number of nitrogens with zero attached hydrogens (tertiary/aromatic N) is 3. The summed E-state index contributed by atoms with van der Waals surface area (Å²) in [4.78, 5) is 21.1. The summed E-state index contributed by atoms with van der Waals surface area (Å²) in [6, 6.07) is 12.4. The Labute approximate surface area is 172 Å². The largest absolute Gasteiger partial charge is 0.490 e. The summed E-state index contributed by atoms with van der Waals surface area (Å²) >= 11 is 0. The maximum absolute atomic E-state index is 12.5. The highest BCUT2D eigenvalue weighted by Crippen LogP contribution is 2.24. The van der Waals surface area contributed by atoms with Crippen LogP contribution < -0.4 is 10.1 Å². The van der Waals surface area contributed by atoms with Gasteiger partial charge in [-0.1, -0.05) is 17.7 Å². The lowest BCUT2D eigenvalue weighted by atomic mass is 9.99. The van der Waals surface area contributed by atoms with Crippen LogP contribution in [-0.4, -0.2) is 59.1 Å². The average Bonchev–Trinajstić information content (AvgIpc) is 2.77. The predicted molar refractivity (Wildman–Crippen MR) is 114 cm³/mol. The second-order valence-corrected chi connectivity index (χ2v) is 8.05. The van der Waals surface area contributed by atoms with E-state index in [-0.39, 0.29) is 12.1 Å². The number of hydrogen-bond acceptors (Lipinski definition) is 4. The molecule has 0 atom stereocenters. The molecule has 2 aromatic rings. The number of piperidine rings is 2. The van der Waals surface area contributed by atoms with Crippen LogP contribution in [0, 0.1) is 6.92 Å². The van der Waals surface area contributed by atoms with Gasteiger partial charge in [-0.05, 0) is 56.9 Å². The van der Waals surface area contributed by atoms with E-state index >= 15 is 0 Å². The highest BCUT2D eigenvalue weighted by Gasteiger charge is 2.30. The van der Waals surface area contributed by atoms with Crippen molar-refractivity contribution < 1.29 is 9.53 Å². The Balaban J connectivity index is 1.20. The molecule has 0 unspecified atom stereocenters. The number of pyridine rings is 1. The van der Waals surface area contributed by atoms with Gasteiger partial charge in [0.15, 0.2) is 0 Å². The third kappa shape index (κ3) is 5.26. The van der Waals surface area contributed by atoms with Crippen LogP contribution in [0.4, 0.5) is 10.5 Å². The fraction of sp³-hybridized carbons (Fsp3) is 0.478. The molecular weight excluding hydrogens is 364 g/mol. The van der Waals surface area contributed by atoms with Crippen molar-refractivity contribution in [3.63, 3.8) is 0 Å². The highest BCUT2D eigenvalue weighted by molar-refractivity contribution is 5.89. The van der Waals surface area contributed by atoms with Crippen LogP contribution >= 0.6 is 0 Å². The molecule has 0 bridgehead atoms. The minimum atomic E-state index is 0.0109. The molecule has 1 aromatic carbocycles. The molecule has 0 spiro atoms. The van der Waals surface area contributed by atoms with Gasteiger partial charge < -0.3 is 15.0 Å². The molecule has 1 N–H and O–H groups in total. The molecule has 29 heavy (non-hydrogen) atoms. The van der Waals surface area contributed by atoms with Crippen molar-refractivity contribution in [1.82, 2.24) is 14.8 Å². The Morgan fingerprint density at radius 1 is 0.966 bits per heavy atom. The highest BCUT2D eigenvalue weighted by atomic mass is 16.5. The molecule has 0 aliphatic carbocycles. The zero-order chi connectivity index (χ0) is 20.1. The number of hydrogen-bond donors (Lipinski definition) is 1. The second kappa shape index (κ2) is 9.27. The van der Waals surface area contributed by atoms with Crippen LogP contribution in [0.2, 0.25) is 0 Å². The quantitative estimate of drug-likeness (QED) is 0.854. The molecule has 2 aliphatic rings.